The number of aromatic nitrogens is 2. The van der Waals surface area contributed by atoms with Gasteiger partial charge in [0.2, 0.25) is 0 Å². The maximum absolute atomic E-state index is 12.2. The molecule has 30 heavy (non-hydrogen) atoms. The Kier molecular flexibility index (Phi) is 5.67. The van der Waals surface area contributed by atoms with Crippen LogP contribution in [0.4, 0.5) is 10.6 Å². The van der Waals surface area contributed by atoms with Gasteiger partial charge in [-0.1, -0.05) is 37.1 Å². The smallest absolute Gasteiger partial charge is 0.320 e. The van der Waals surface area contributed by atoms with Crippen LogP contribution in [0.3, 0.4) is 0 Å². The summed E-state index contributed by atoms with van der Waals surface area (Å²) >= 11 is 0. The number of hydrogen-bond acceptors (Lipinski definition) is 5. The highest BCUT2D eigenvalue weighted by molar-refractivity contribution is 7.89. The fourth-order valence-corrected chi connectivity index (χ4v) is 4.57. The molecule has 0 radical (unpaired) electrons. The zero-order valence-electron chi connectivity index (χ0n) is 16.8. The number of sulfone groups is 1. The Morgan fingerprint density at radius 2 is 1.87 bits per heavy atom. The minimum atomic E-state index is -3.11. The molecule has 1 aromatic carbocycles. The molecule has 2 N–H and O–H groups in total. The van der Waals surface area contributed by atoms with Crippen LogP contribution < -0.4 is 10.6 Å². The van der Waals surface area contributed by atoms with Gasteiger partial charge >= 0.3 is 6.03 Å². The summed E-state index contributed by atoms with van der Waals surface area (Å²) in [6.45, 7) is 0. The minimum Gasteiger partial charge on any atom is -0.335 e. The van der Waals surface area contributed by atoms with Crippen LogP contribution in [0.1, 0.15) is 31.2 Å². The molecular weight excluding hydrogens is 400 g/mol. The molecule has 4 rings (SSSR count). The first-order chi connectivity index (χ1) is 14.4. The molecule has 0 unspecified atom stereocenters. The number of nitrogens with zero attached hydrogens (tertiary/aromatic N) is 2. The zero-order chi connectivity index (χ0) is 21.1. The fourth-order valence-electron chi connectivity index (χ4n) is 3.79. The van der Waals surface area contributed by atoms with Crippen LogP contribution >= 0.6 is 0 Å². The van der Waals surface area contributed by atoms with Crippen molar-refractivity contribution in [2.75, 3.05) is 11.6 Å². The summed E-state index contributed by atoms with van der Waals surface area (Å²) in [5.74, 6) is 0.451. The van der Waals surface area contributed by atoms with Gasteiger partial charge in [-0.25, -0.2) is 18.2 Å². The number of hydrogen-bond donors (Lipinski definition) is 2. The highest BCUT2D eigenvalue weighted by Gasteiger charge is 2.17. The van der Waals surface area contributed by atoms with Crippen LogP contribution in [0, 0.1) is 0 Å². The first-order valence-corrected chi connectivity index (χ1v) is 12.0. The molecule has 3 aromatic rings. The molecule has 0 spiro atoms. The average molecular weight is 425 g/mol. The summed E-state index contributed by atoms with van der Waals surface area (Å²) in [5, 5.41) is 5.78. The van der Waals surface area contributed by atoms with E-state index in [9.17, 15) is 13.2 Å². The molecule has 8 heteroatoms. The second kappa shape index (κ2) is 8.39. The van der Waals surface area contributed by atoms with E-state index >= 15 is 0 Å². The van der Waals surface area contributed by atoms with Gasteiger partial charge in [0.25, 0.3) is 0 Å². The molecule has 0 atom stereocenters. The number of urea groups is 1. The molecule has 7 nitrogen and oxygen atoms in total. The number of rotatable bonds is 5. The number of anilines is 1. The highest BCUT2D eigenvalue weighted by atomic mass is 32.2. The first-order valence-electron chi connectivity index (χ1n) is 9.97. The molecule has 1 aliphatic carbocycles. The summed E-state index contributed by atoms with van der Waals surface area (Å²) < 4.78 is 23.2. The van der Waals surface area contributed by atoms with Gasteiger partial charge in [0, 0.05) is 24.1 Å². The van der Waals surface area contributed by atoms with E-state index in [1.165, 1.54) is 6.26 Å². The van der Waals surface area contributed by atoms with Crippen molar-refractivity contribution in [3.05, 3.63) is 54.2 Å². The first kappa shape index (κ1) is 20.3. The highest BCUT2D eigenvalue weighted by Crippen LogP contribution is 2.24. The second-order valence-corrected chi connectivity index (χ2v) is 9.95. The van der Waals surface area contributed by atoms with Crippen LogP contribution in [-0.4, -0.2) is 36.7 Å². The van der Waals surface area contributed by atoms with Crippen LogP contribution in [-0.2, 0) is 15.6 Å². The average Bonchev–Trinajstić information content (AvgIpc) is 3.19. The third kappa shape index (κ3) is 5.13. The van der Waals surface area contributed by atoms with Gasteiger partial charge in [-0.2, -0.15) is 0 Å². The fraction of sp³-hybridized carbons (Fsp3) is 0.318. The zero-order valence-corrected chi connectivity index (χ0v) is 17.6. The van der Waals surface area contributed by atoms with Gasteiger partial charge in [0.15, 0.2) is 9.84 Å². The Balaban J connectivity index is 1.56. The summed E-state index contributed by atoms with van der Waals surface area (Å²) in [7, 11) is -3.11. The second-order valence-electron chi connectivity index (χ2n) is 7.81. The number of amides is 2. The van der Waals surface area contributed by atoms with E-state index in [-0.39, 0.29) is 17.8 Å². The van der Waals surface area contributed by atoms with E-state index in [1.807, 2.05) is 30.3 Å². The third-order valence-corrected chi connectivity index (χ3v) is 6.02. The molecule has 2 heterocycles. The number of carbonyl (C=O) groups is 1. The Labute approximate surface area is 175 Å². The third-order valence-electron chi connectivity index (χ3n) is 5.16. The van der Waals surface area contributed by atoms with Gasteiger partial charge in [0.1, 0.15) is 5.82 Å². The topological polar surface area (TPSA) is 101 Å². The monoisotopic (exact) mass is 424 g/mol. The number of carbonyl (C=O) groups excluding carboxylic acids is 1. The molecule has 2 amide bonds. The molecule has 2 aromatic heterocycles. The molecule has 0 saturated heterocycles. The molecule has 0 aliphatic heterocycles. The quantitative estimate of drug-likeness (QED) is 0.647. The van der Waals surface area contributed by atoms with Crippen molar-refractivity contribution in [3.63, 3.8) is 0 Å². The van der Waals surface area contributed by atoms with E-state index in [2.05, 4.69) is 20.6 Å². The normalized spacial score (nSPS) is 14.7. The van der Waals surface area contributed by atoms with E-state index in [0.29, 0.717) is 16.9 Å². The van der Waals surface area contributed by atoms with Gasteiger partial charge in [-0.05, 0) is 42.2 Å². The lowest BCUT2D eigenvalue weighted by Crippen LogP contribution is -2.36. The van der Waals surface area contributed by atoms with Crippen LogP contribution in [0.15, 0.2) is 48.7 Å². The Morgan fingerprint density at radius 3 is 2.63 bits per heavy atom. The Morgan fingerprint density at radius 1 is 1.07 bits per heavy atom. The van der Waals surface area contributed by atoms with Crippen LogP contribution in [0.2, 0.25) is 0 Å². The van der Waals surface area contributed by atoms with E-state index in [0.717, 1.165) is 42.4 Å². The molecule has 1 saturated carbocycles. The standard InChI is InChI=1S/C22H24N4O3S/c1-30(28,29)14-15-5-4-6-16(11-15)17-12-20-19(23-13-17)9-10-21(25-20)26-22(27)24-18-7-2-3-8-18/h4-6,9-13,18H,2-3,7-8,14H2,1H3,(H2,24,25,26,27). The largest absolute Gasteiger partial charge is 0.335 e. The molecular formula is C22H24N4O3S. The Bertz CT molecular complexity index is 1190. The van der Waals surface area contributed by atoms with Crippen LogP contribution in [0.5, 0.6) is 0 Å². The molecule has 1 fully saturated rings. The molecule has 156 valence electrons. The maximum atomic E-state index is 12.2. The molecule has 1 aliphatic rings. The van der Waals surface area contributed by atoms with Gasteiger partial charge in [-0.3, -0.25) is 10.3 Å². The van der Waals surface area contributed by atoms with Crippen LogP contribution in [0.25, 0.3) is 22.2 Å². The van der Waals surface area contributed by atoms with Gasteiger partial charge < -0.3 is 5.32 Å². The summed E-state index contributed by atoms with van der Waals surface area (Å²) in [4.78, 5) is 21.2. The lowest BCUT2D eigenvalue weighted by Gasteiger charge is -2.13. The maximum Gasteiger partial charge on any atom is 0.320 e. The predicted molar refractivity (Wildman–Crippen MR) is 118 cm³/mol. The van der Waals surface area contributed by atoms with Gasteiger partial charge in [-0.15, -0.1) is 0 Å². The lowest BCUT2D eigenvalue weighted by molar-refractivity contribution is 0.248. The lowest BCUT2D eigenvalue weighted by atomic mass is 10.0. The number of pyridine rings is 2. The SMILES string of the molecule is CS(=O)(=O)Cc1cccc(-c2cnc3ccc(NC(=O)NC4CCCC4)nc3c2)c1. The van der Waals surface area contributed by atoms with Crippen molar-refractivity contribution in [2.24, 2.45) is 0 Å². The minimum absolute atomic E-state index is 0.00965. The number of fused-ring (bicyclic) bond motifs is 1. The number of benzene rings is 1. The molecule has 0 bridgehead atoms. The van der Waals surface area contributed by atoms with Crippen molar-refractivity contribution in [1.29, 1.82) is 0 Å². The Hall–Kier alpha value is -3.00. The van der Waals surface area contributed by atoms with Crippen molar-refractivity contribution < 1.29 is 13.2 Å². The van der Waals surface area contributed by atoms with E-state index < -0.39 is 9.84 Å². The van der Waals surface area contributed by atoms with E-state index in [1.54, 1.807) is 18.3 Å². The van der Waals surface area contributed by atoms with Crippen molar-refractivity contribution in [3.8, 4) is 11.1 Å². The van der Waals surface area contributed by atoms with Crippen molar-refractivity contribution in [1.82, 2.24) is 15.3 Å². The predicted octanol–water partition coefficient (Wildman–Crippen LogP) is 3.91. The summed E-state index contributed by atoms with van der Waals surface area (Å²) in [5.41, 5.74) is 3.79. The van der Waals surface area contributed by atoms with Crippen molar-refractivity contribution >= 4 is 32.7 Å². The van der Waals surface area contributed by atoms with E-state index in [4.69, 9.17) is 0 Å². The van der Waals surface area contributed by atoms with Crippen molar-refractivity contribution in [2.45, 2.75) is 37.5 Å². The van der Waals surface area contributed by atoms with Gasteiger partial charge in [0.05, 0.1) is 16.8 Å². The summed E-state index contributed by atoms with van der Waals surface area (Å²) in [6.07, 6.45) is 7.30. The summed E-state index contributed by atoms with van der Waals surface area (Å²) in [6, 6.07) is 12.8. The number of nitrogens with one attached hydrogen (secondary N) is 2.